The second-order valence-electron chi connectivity index (χ2n) is 9.47. The first kappa shape index (κ1) is 25.2. The quantitative estimate of drug-likeness (QED) is 0.544. The van der Waals surface area contributed by atoms with E-state index in [4.69, 9.17) is 10.8 Å². The summed E-state index contributed by atoms with van der Waals surface area (Å²) < 4.78 is 1.83. The Labute approximate surface area is 211 Å². The van der Waals surface area contributed by atoms with Crippen LogP contribution in [-0.2, 0) is 11.2 Å². The maximum Gasteiger partial charge on any atom is 0.277 e. The van der Waals surface area contributed by atoms with E-state index in [9.17, 15) is 9.59 Å². The predicted octanol–water partition coefficient (Wildman–Crippen LogP) is 3.08. The predicted molar refractivity (Wildman–Crippen MR) is 141 cm³/mol. The van der Waals surface area contributed by atoms with Gasteiger partial charge >= 0.3 is 0 Å². The minimum absolute atomic E-state index is 0.0254. The zero-order chi connectivity index (χ0) is 26.0. The number of hydrogen-bond donors (Lipinski definition) is 2. The molecule has 1 saturated heterocycles. The first-order valence-electron chi connectivity index (χ1n) is 12.2. The van der Waals surface area contributed by atoms with E-state index in [0.29, 0.717) is 23.1 Å². The molecular weight excluding hydrogens is 456 g/mol. The molecule has 0 aliphatic carbocycles. The van der Waals surface area contributed by atoms with E-state index in [1.807, 2.05) is 43.7 Å². The van der Waals surface area contributed by atoms with Crippen LogP contribution in [0.4, 0.5) is 11.5 Å². The van der Waals surface area contributed by atoms with E-state index in [1.165, 1.54) is 6.33 Å². The van der Waals surface area contributed by atoms with Crippen molar-refractivity contribution in [2.75, 3.05) is 38.2 Å². The molecule has 0 saturated carbocycles. The highest BCUT2D eigenvalue weighted by Crippen LogP contribution is 2.30. The highest BCUT2D eigenvalue weighted by molar-refractivity contribution is 6.13. The monoisotopic (exact) mass is 490 g/mol. The Morgan fingerprint density at radius 2 is 2.00 bits per heavy atom. The van der Waals surface area contributed by atoms with Crippen LogP contribution in [0.25, 0.3) is 11.0 Å². The Morgan fingerprint density at radius 1 is 1.22 bits per heavy atom. The number of nitrogen functional groups attached to an aromatic ring is 1. The number of piperidine rings is 1. The van der Waals surface area contributed by atoms with E-state index >= 15 is 0 Å². The van der Waals surface area contributed by atoms with Gasteiger partial charge in [0.25, 0.3) is 5.91 Å². The number of rotatable bonds is 6. The Balaban J connectivity index is 1.66. The van der Waals surface area contributed by atoms with Crippen molar-refractivity contribution in [3.05, 3.63) is 53.1 Å². The summed E-state index contributed by atoms with van der Waals surface area (Å²) in [6, 6.07) is 3.77. The van der Waals surface area contributed by atoms with Crippen LogP contribution in [0.2, 0.25) is 0 Å². The van der Waals surface area contributed by atoms with Crippen LogP contribution in [0, 0.1) is 13.8 Å². The van der Waals surface area contributed by atoms with Gasteiger partial charge in [-0.3, -0.25) is 9.59 Å². The van der Waals surface area contributed by atoms with Crippen LogP contribution in [0.1, 0.15) is 53.0 Å². The first-order chi connectivity index (χ1) is 17.2. The fourth-order valence-electron chi connectivity index (χ4n) is 4.64. The van der Waals surface area contributed by atoms with E-state index in [-0.39, 0.29) is 29.4 Å². The zero-order valence-electron chi connectivity index (χ0n) is 21.6. The molecule has 0 unspecified atom stereocenters. The number of nitrogens with one attached hydrogen (secondary N) is 1. The number of likely N-dealkylation sites (N-methyl/N-ethyl adjacent to an activating group) is 1. The van der Waals surface area contributed by atoms with Crippen LogP contribution in [0.5, 0.6) is 0 Å². The van der Waals surface area contributed by atoms with E-state index in [1.54, 1.807) is 19.0 Å². The summed E-state index contributed by atoms with van der Waals surface area (Å²) in [4.78, 5) is 38.0. The first-order valence-corrected chi connectivity index (χ1v) is 12.2. The van der Waals surface area contributed by atoms with E-state index in [2.05, 4.69) is 26.4 Å². The van der Waals surface area contributed by atoms with Gasteiger partial charge in [-0.1, -0.05) is 12.1 Å². The molecule has 1 fully saturated rings. The summed E-state index contributed by atoms with van der Waals surface area (Å²) in [7, 11) is 3.48. The maximum atomic E-state index is 13.5. The third-order valence-corrected chi connectivity index (χ3v) is 6.85. The lowest BCUT2D eigenvalue weighted by Gasteiger charge is -2.32. The number of hydrogen-bond acceptors (Lipinski definition) is 7. The second kappa shape index (κ2) is 10.3. The van der Waals surface area contributed by atoms with Gasteiger partial charge in [0.1, 0.15) is 12.1 Å². The summed E-state index contributed by atoms with van der Waals surface area (Å²) >= 11 is 0. The lowest BCUT2D eigenvalue weighted by atomic mass is 9.98. The minimum Gasteiger partial charge on any atom is -0.383 e. The molecule has 2 amide bonds. The third-order valence-electron chi connectivity index (χ3n) is 6.85. The summed E-state index contributed by atoms with van der Waals surface area (Å²) in [5.74, 6) is -0.124. The summed E-state index contributed by atoms with van der Waals surface area (Å²) in [6.45, 7) is 7.65. The molecule has 0 bridgehead atoms. The number of likely N-dealkylation sites (tertiary alicyclic amines) is 1. The van der Waals surface area contributed by atoms with Gasteiger partial charge in [-0.25, -0.2) is 14.6 Å². The van der Waals surface area contributed by atoms with Crippen molar-refractivity contribution in [1.29, 1.82) is 0 Å². The molecule has 10 heteroatoms. The summed E-state index contributed by atoms with van der Waals surface area (Å²) in [5.41, 5.74) is 10.4. The Morgan fingerprint density at radius 3 is 2.72 bits per heavy atom. The average molecular weight is 491 g/mol. The van der Waals surface area contributed by atoms with Crippen molar-refractivity contribution in [3.63, 3.8) is 0 Å². The van der Waals surface area contributed by atoms with Crippen molar-refractivity contribution in [1.82, 2.24) is 29.5 Å². The number of fused-ring (bicyclic) bond motifs is 1. The number of aromatic nitrogens is 4. The van der Waals surface area contributed by atoms with E-state index in [0.717, 1.165) is 42.6 Å². The Hall–Kier alpha value is -3.95. The van der Waals surface area contributed by atoms with Gasteiger partial charge in [-0.05, 0) is 62.6 Å². The van der Waals surface area contributed by atoms with Crippen molar-refractivity contribution in [2.45, 2.75) is 46.1 Å². The number of anilines is 2. The lowest BCUT2D eigenvalue weighted by molar-refractivity contribution is -0.127. The zero-order valence-corrected chi connectivity index (χ0v) is 21.6. The number of carbonyl (C=O) groups is 2. The molecule has 1 aromatic carbocycles. The number of benzene rings is 1. The molecule has 4 rings (SSSR count). The molecule has 0 radical (unpaired) electrons. The SMILES string of the molecule is CC=CN1CCC[C@@H](n2nc(C(=O)Nc3ccc(CC(=O)N(C)C)c(C)c3C)c3c(N)ncnc32)C1. The van der Waals surface area contributed by atoms with Crippen LogP contribution >= 0.6 is 0 Å². The molecule has 3 N–H and O–H groups in total. The van der Waals surface area contributed by atoms with Crippen LogP contribution in [0.15, 0.2) is 30.7 Å². The lowest BCUT2D eigenvalue weighted by Crippen LogP contribution is -2.33. The molecule has 1 atom stereocenters. The molecule has 1 aliphatic rings. The summed E-state index contributed by atoms with van der Waals surface area (Å²) in [6.07, 6.45) is 7.76. The third kappa shape index (κ3) is 4.89. The molecule has 0 spiro atoms. The number of carbonyl (C=O) groups excluding carboxylic acids is 2. The highest BCUT2D eigenvalue weighted by atomic mass is 16.2. The van der Waals surface area contributed by atoms with Crippen molar-refractivity contribution < 1.29 is 9.59 Å². The number of allylic oxidation sites excluding steroid dienone is 1. The normalized spacial score (nSPS) is 16.0. The fraction of sp³-hybridized carbons (Fsp3) is 0.423. The number of amides is 2. The number of nitrogens with two attached hydrogens (primary N) is 1. The van der Waals surface area contributed by atoms with Gasteiger partial charge in [-0.2, -0.15) is 5.10 Å². The van der Waals surface area contributed by atoms with Crippen LogP contribution < -0.4 is 11.1 Å². The van der Waals surface area contributed by atoms with Gasteiger partial charge in [0.2, 0.25) is 5.91 Å². The molecule has 36 heavy (non-hydrogen) atoms. The fourth-order valence-corrected chi connectivity index (χ4v) is 4.64. The van der Waals surface area contributed by atoms with Gasteiger partial charge in [0.15, 0.2) is 11.3 Å². The molecular formula is C26H34N8O2. The molecule has 190 valence electrons. The van der Waals surface area contributed by atoms with Crippen molar-refractivity contribution >= 4 is 34.4 Å². The van der Waals surface area contributed by atoms with Gasteiger partial charge in [0, 0.05) is 32.9 Å². The molecule has 2 aromatic heterocycles. The van der Waals surface area contributed by atoms with Crippen LogP contribution in [-0.4, -0.2) is 68.5 Å². The summed E-state index contributed by atoms with van der Waals surface area (Å²) in [5, 5.41) is 8.17. The highest BCUT2D eigenvalue weighted by Gasteiger charge is 2.28. The van der Waals surface area contributed by atoms with E-state index < -0.39 is 0 Å². The Bertz CT molecular complexity index is 1330. The maximum absolute atomic E-state index is 13.5. The minimum atomic E-state index is -0.374. The number of nitrogens with zero attached hydrogens (tertiary/aromatic N) is 6. The molecule has 10 nitrogen and oxygen atoms in total. The van der Waals surface area contributed by atoms with Crippen LogP contribution in [0.3, 0.4) is 0 Å². The second-order valence-corrected chi connectivity index (χ2v) is 9.47. The standard InChI is InChI=1S/C26H34N8O2/c1-6-11-33-12-7-8-19(14-33)34-25-22(24(27)28-15-29-25)23(31-34)26(36)30-20-10-9-18(16(2)17(20)3)13-21(35)32(4)5/h6,9-11,15,19H,7-8,12-14H2,1-5H3,(H,30,36)(H2,27,28,29)/t19-/m1/s1. The van der Waals surface area contributed by atoms with Gasteiger partial charge < -0.3 is 20.9 Å². The van der Waals surface area contributed by atoms with Gasteiger partial charge in [0.05, 0.1) is 17.8 Å². The van der Waals surface area contributed by atoms with Crippen molar-refractivity contribution in [2.24, 2.45) is 0 Å². The smallest absolute Gasteiger partial charge is 0.277 e. The largest absolute Gasteiger partial charge is 0.383 e. The van der Waals surface area contributed by atoms with Crippen molar-refractivity contribution in [3.8, 4) is 0 Å². The molecule has 3 aromatic rings. The molecule has 3 heterocycles. The molecule has 1 aliphatic heterocycles. The Kier molecular flexibility index (Phi) is 7.23. The average Bonchev–Trinajstić information content (AvgIpc) is 3.25. The van der Waals surface area contributed by atoms with Gasteiger partial charge in [-0.15, -0.1) is 0 Å². The topological polar surface area (TPSA) is 122 Å².